The van der Waals surface area contributed by atoms with Crippen molar-refractivity contribution in [2.75, 3.05) is 0 Å². The van der Waals surface area contributed by atoms with Crippen LogP contribution in [0.2, 0.25) is 0 Å². The second-order valence-electron chi connectivity index (χ2n) is 2.52. The third-order valence-corrected chi connectivity index (χ3v) is 1.41. The Labute approximate surface area is 71.3 Å². The first kappa shape index (κ1) is 8.74. The zero-order chi connectivity index (χ0) is 8.81. The van der Waals surface area contributed by atoms with Crippen LogP contribution >= 0.6 is 0 Å². The number of nitrogens with zero attached hydrogens (tertiary/aromatic N) is 1. The van der Waals surface area contributed by atoms with E-state index in [4.69, 9.17) is 5.26 Å². The summed E-state index contributed by atoms with van der Waals surface area (Å²) in [4.78, 5) is 7.99. The van der Waals surface area contributed by atoms with Gasteiger partial charge in [-0.1, -0.05) is 25.2 Å². The molecule has 0 fully saturated rings. The predicted molar refractivity (Wildman–Crippen MR) is 47.7 cm³/mol. The summed E-state index contributed by atoms with van der Waals surface area (Å²) >= 11 is 0. The van der Waals surface area contributed by atoms with Gasteiger partial charge in [-0.15, -0.1) is 0 Å². The van der Waals surface area contributed by atoms with Crippen LogP contribution in [0.1, 0.15) is 6.92 Å². The van der Waals surface area contributed by atoms with Gasteiger partial charge in [0, 0.05) is 12.1 Å². The van der Waals surface area contributed by atoms with Crippen molar-refractivity contribution in [3.63, 3.8) is 0 Å². The van der Waals surface area contributed by atoms with Crippen molar-refractivity contribution in [3.8, 4) is 0 Å². The summed E-state index contributed by atoms with van der Waals surface area (Å²) in [5.41, 5.74) is 0. The number of allylic oxidation sites excluding steroid dienone is 4. The van der Waals surface area contributed by atoms with Gasteiger partial charge in [-0.05, 0) is 6.08 Å². The SMILES string of the molecule is C[C@@H]1\C=N/C=C(OO)/C=C\C=C\1. The maximum absolute atomic E-state index is 8.35. The molecule has 0 unspecified atom stereocenters. The summed E-state index contributed by atoms with van der Waals surface area (Å²) in [6.45, 7) is 2.02. The molecule has 3 nitrogen and oxygen atoms in total. The fraction of sp³-hybridized carbons (Fsp3) is 0.222. The number of hydrogen-bond acceptors (Lipinski definition) is 3. The van der Waals surface area contributed by atoms with E-state index >= 15 is 0 Å². The highest BCUT2D eigenvalue weighted by Gasteiger charge is 1.93. The van der Waals surface area contributed by atoms with Gasteiger partial charge in [0.1, 0.15) is 0 Å². The largest absolute Gasteiger partial charge is 0.339 e. The van der Waals surface area contributed by atoms with Gasteiger partial charge in [0.2, 0.25) is 0 Å². The molecule has 0 aliphatic carbocycles. The van der Waals surface area contributed by atoms with E-state index in [1.807, 2.05) is 19.1 Å². The highest BCUT2D eigenvalue weighted by Crippen LogP contribution is 2.02. The van der Waals surface area contributed by atoms with E-state index in [1.165, 1.54) is 6.20 Å². The summed E-state index contributed by atoms with van der Waals surface area (Å²) in [5, 5.41) is 8.35. The van der Waals surface area contributed by atoms with Crippen molar-refractivity contribution in [1.82, 2.24) is 0 Å². The van der Waals surface area contributed by atoms with Crippen molar-refractivity contribution in [3.05, 3.63) is 36.3 Å². The summed E-state index contributed by atoms with van der Waals surface area (Å²) in [7, 11) is 0. The second-order valence-corrected chi connectivity index (χ2v) is 2.52. The third kappa shape index (κ3) is 2.72. The molecule has 0 amide bonds. The van der Waals surface area contributed by atoms with Gasteiger partial charge < -0.3 is 4.89 Å². The Morgan fingerprint density at radius 2 is 2.33 bits per heavy atom. The zero-order valence-corrected chi connectivity index (χ0v) is 6.84. The van der Waals surface area contributed by atoms with Crippen LogP contribution in [0, 0.1) is 5.92 Å². The van der Waals surface area contributed by atoms with Gasteiger partial charge in [-0.3, -0.25) is 4.99 Å². The zero-order valence-electron chi connectivity index (χ0n) is 6.84. The van der Waals surface area contributed by atoms with Crippen LogP contribution in [-0.4, -0.2) is 11.5 Å². The van der Waals surface area contributed by atoms with Crippen molar-refractivity contribution >= 4 is 6.21 Å². The van der Waals surface area contributed by atoms with Gasteiger partial charge >= 0.3 is 0 Å². The first-order valence-electron chi connectivity index (χ1n) is 3.72. The minimum absolute atomic E-state index is 0.295. The van der Waals surface area contributed by atoms with Crippen LogP contribution < -0.4 is 0 Å². The Hall–Kier alpha value is -1.35. The first-order chi connectivity index (χ1) is 5.83. The van der Waals surface area contributed by atoms with Crippen LogP contribution in [0.15, 0.2) is 41.3 Å². The highest BCUT2D eigenvalue weighted by molar-refractivity contribution is 5.63. The Balaban J connectivity index is 2.80. The highest BCUT2D eigenvalue weighted by atomic mass is 17.1. The van der Waals surface area contributed by atoms with E-state index in [-0.39, 0.29) is 0 Å². The lowest BCUT2D eigenvalue weighted by molar-refractivity contribution is -0.198. The fourth-order valence-electron chi connectivity index (χ4n) is 0.789. The predicted octanol–water partition coefficient (Wildman–Crippen LogP) is 2.15. The van der Waals surface area contributed by atoms with Crippen molar-refractivity contribution in [2.24, 2.45) is 10.9 Å². The molecule has 0 saturated carbocycles. The fourth-order valence-corrected chi connectivity index (χ4v) is 0.789. The normalized spacial score (nSPS) is 34.8. The maximum atomic E-state index is 8.35. The summed E-state index contributed by atoms with van der Waals surface area (Å²) in [5.74, 6) is 0.619. The monoisotopic (exact) mass is 165 g/mol. The van der Waals surface area contributed by atoms with Gasteiger partial charge in [-0.25, -0.2) is 5.26 Å². The van der Waals surface area contributed by atoms with Crippen LogP contribution in [0.5, 0.6) is 0 Å². The van der Waals surface area contributed by atoms with Crippen LogP contribution in [0.4, 0.5) is 0 Å². The number of aliphatic imine (C=N–C) groups is 1. The second kappa shape index (κ2) is 4.51. The van der Waals surface area contributed by atoms with E-state index in [9.17, 15) is 0 Å². The van der Waals surface area contributed by atoms with Crippen LogP contribution in [-0.2, 0) is 4.89 Å². The lowest BCUT2D eigenvalue weighted by Crippen LogP contribution is -1.88. The molecule has 0 aromatic rings. The molecule has 1 rings (SSSR count). The number of hydrogen-bond donors (Lipinski definition) is 1. The van der Waals surface area contributed by atoms with E-state index in [0.29, 0.717) is 11.7 Å². The molecule has 1 aliphatic rings. The van der Waals surface area contributed by atoms with E-state index in [2.05, 4.69) is 9.88 Å². The number of rotatable bonds is 1. The minimum atomic E-state index is 0.295. The van der Waals surface area contributed by atoms with Gasteiger partial charge in [-0.2, -0.15) is 0 Å². The smallest absolute Gasteiger partial charge is 0.183 e. The van der Waals surface area contributed by atoms with Crippen LogP contribution in [0.25, 0.3) is 0 Å². The average Bonchev–Trinajstić information content (AvgIpc) is 2.17. The standard InChI is InChI=1S/C9H11NO2/c1-8-4-2-3-5-9(12-11)7-10-6-8/h2-8,11H,1H3/b4-2+,5-3-,9-7-,10-6-/t8-/m0/s1. The van der Waals surface area contributed by atoms with Crippen LogP contribution in [0.3, 0.4) is 0 Å². The van der Waals surface area contributed by atoms with Gasteiger partial charge in [0.15, 0.2) is 5.76 Å². The summed E-state index contributed by atoms with van der Waals surface area (Å²) < 4.78 is 0. The third-order valence-electron chi connectivity index (χ3n) is 1.41. The first-order valence-corrected chi connectivity index (χ1v) is 3.72. The lowest BCUT2D eigenvalue weighted by Gasteiger charge is -1.92. The Morgan fingerprint density at radius 3 is 3.08 bits per heavy atom. The quantitative estimate of drug-likeness (QED) is 0.477. The molecule has 0 saturated heterocycles. The molecule has 12 heavy (non-hydrogen) atoms. The molecule has 64 valence electrons. The van der Waals surface area contributed by atoms with Gasteiger partial charge in [0.25, 0.3) is 0 Å². The molecule has 1 aliphatic heterocycles. The van der Waals surface area contributed by atoms with Crippen molar-refractivity contribution < 1.29 is 10.1 Å². The molecule has 3 heteroatoms. The molecule has 0 aromatic heterocycles. The molecule has 0 bridgehead atoms. The molecule has 1 heterocycles. The Kier molecular flexibility index (Phi) is 3.29. The van der Waals surface area contributed by atoms with Crippen molar-refractivity contribution in [1.29, 1.82) is 0 Å². The summed E-state index contributed by atoms with van der Waals surface area (Å²) in [6.07, 6.45) is 10.5. The Bertz CT molecular complexity index is 251. The van der Waals surface area contributed by atoms with E-state index in [1.54, 1.807) is 18.4 Å². The lowest BCUT2D eigenvalue weighted by atomic mass is 10.2. The maximum Gasteiger partial charge on any atom is 0.183 e. The molecule has 1 N–H and O–H groups in total. The van der Waals surface area contributed by atoms with Crippen molar-refractivity contribution in [2.45, 2.75) is 6.92 Å². The molecular formula is C9H11NO2. The van der Waals surface area contributed by atoms with E-state index in [0.717, 1.165) is 0 Å². The van der Waals surface area contributed by atoms with E-state index < -0.39 is 0 Å². The molecular weight excluding hydrogens is 154 g/mol. The molecule has 1 atom stereocenters. The molecule has 0 aromatic carbocycles. The topological polar surface area (TPSA) is 41.8 Å². The minimum Gasteiger partial charge on any atom is -0.339 e. The Morgan fingerprint density at radius 1 is 1.50 bits per heavy atom. The molecule has 0 spiro atoms. The average molecular weight is 165 g/mol. The molecule has 0 radical (unpaired) electrons. The van der Waals surface area contributed by atoms with Gasteiger partial charge in [0.05, 0.1) is 6.20 Å². The summed E-state index contributed by atoms with van der Waals surface area (Å²) in [6, 6.07) is 0.